The first kappa shape index (κ1) is 17.3. The van der Waals surface area contributed by atoms with E-state index in [2.05, 4.69) is 5.32 Å². The Morgan fingerprint density at radius 1 is 0.652 bits per heavy atom. The van der Waals surface area contributed by atoms with Gasteiger partial charge in [0.25, 0.3) is 0 Å². The van der Waals surface area contributed by atoms with E-state index in [1.807, 2.05) is 48.5 Å². The topological polar surface area (TPSA) is 49.0 Å². The predicted molar refractivity (Wildman–Crippen MR) is 88.6 cm³/mol. The quantitative estimate of drug-likeness (QED) is 0.757. The second-order valence-corrected chi connectivity index (χ2v) is 4.88. The first-order valence-corrected chi connectivity index (χ1v) is 7.32. The Balaban J connectivity index is 2.28. The number of para-hydroxylation sites is 2. The largest absolute Gasteiger partial charge is 0.496 e. The Labute approximate surface area is 137 Å². The maximum absolute atomic E-state index is 5.59. The lowest BCUT2D eigenvalue weighted by Crippen LogP contribution is -2.29. The molecule has 0 amide bonds. The van der Waals surface area contributed by atoms with Crippen molar-refractivity contribution < 1.29 is 18.9 Å². The number of ether oxygens (including phenoxy) is 4. The van der Waals surface area contributed by atoms with Crippen LogP contribution < -0.4 is 14.8 Å². The molecule has 2 rings (SSSR count). The highest BCUT2D eigenvalue weighted by Gasteiger charge is 2.22. The number of nitrogens with one attached hydrogen (secondary N) is 1. The minimum Gasteiger partial charge on any atom is -0.496 e. The molecule has 0 saturated heterocycles. The molecule has 0 saturated carbocycles. The molecule has 0 fully saturated rings. The van der Waals surface area contributed by atoms with E-state index in [-0.39, 0.29) is 12.5 Å². The summed E-state index contributed by atoms with van der Waals surface area (Å²) in [6, 6.07) is 15.4. The Morgan fingerprint density at radius 3 is 1.39 bits per heavy atom. The highest BCUT2D eigenvalue weighted by Crippen LogP contribution is 2.30. The van der Waals surface area contributed by atoms with Gasteiger partial charge in [0, 0.05) is 25.3 Å². The predicted octanol–water partition coefficient (Wildman–Crippen LogP) is 3.28. The van der Waals surface area contributed by atoms with Crippen molar-refractivity contribution in [2.75, 3.05) is 28.4 Å². The minimum absolute atomic E-state index is 0.388. The Hall–Kier alpha value is -2.08. The molecule has 124 valence electrons. The fourth-order valence-electron chi connectivity index (χ4n) is 2.47. The first-order valence-electron chi connectivity index (χ1n) is 7.32. The summed E-state index contributed by atoms with van der Waals surface area (Å²) in [5.74, 6) is 1.50. The van der Waals surface area contributed by atoms with Gasteiger partial charge in [-0.3, -0.25) is 5.32 Å². The monoisotopic (exact) mass is 317 g/mol. The van der Waals surface area contributed by atoms with Crippen LogP contribution in [-0.2, 0) is 9.47 Å². The van der Waals surface area contributed by atoms with Gasteiger partial charge in [0.1, 0.15) is 24.0 Å². The van der Waals surface area contributed by atoms with Gasteiger partial charge in [-0.05, 0) is 12.1 Å². The molecule has 2 atom stereocenters. The molecule has 1 N–H and O–H groups in total. The van der Waals surface area contributed by atoms with E-state index in [1.165, 1.54) is 0 Å². The van der Waals surface area contributed by atoms with Crippen molar-refractivity contribution >= 4 is 0 Å². The molecule has 5 nitrogen and oxygen atoms in total. The van der Waals surface area contributed by atoms with Gasteiger partial charge in [0.15, 0.2) is 0 Å². The Kier molecular flexibility index (Phi) is 6.40. The van der Waals surface area contributed by atoms with Gasteiger partial charge in [-0.1, -0.05) is 36.4 Å². The summed E-state index contributed by atoms with van der Waals surface area (Å²) in [6.07, 6.45) is -0.776. The summed E-state index contributed by atoms with van der Waals surface area (Å²) >= 11 is 0. The number of hydrogen-bond donors (Lipinski definition) is 1. The highest BCUT2D eigenvalue weighted by molar-refractivity contribution is 5.37. The van der Waals surface area contributed by atoms with E-state index in [0.717, 1.165) is 22.6 Å². The number of hydrogen-bond acceptors (Lipinski definition) is 5. The van der Waals surface area contributed by atoms with Crippen LogP contribution in [0.15, 0.2) is 48.5 Å². The van der Waals surface area contributed by atoms with E-state index in [0.29, 0.717) is 0 Å². The van der Waals surface area contributed by atoms with Crippen molar-refractivity contribution in [2.24, 2.45) is 0 Å². The van der Waals surface area contributed by atoms with Crippen LogP contribution in [0.1, 0.15) is 23.6 Å². The second kappa shape index (κ2) is 8.53. The molecule has 0 spiro atoms. The van der Waals surface area contributed by atoms with Gasteiger partial charge < -0.3 is 18.9 Å². The lowest BCUT2D eigenvalue weighted by atomic mass is 10.1. The molecule has 23 heavy (non-hydrogen) atoms. The summed E-state index contributed by atoms with van der Waals surface area (Å²) in [7, 11) is 6.55. The zero-order valence-electron chi connectivity index (χ0n) is 13.9. The van der Waals surface area contributed by atoms with Crippen molar-refractivity contribution in [2.45, 2.75) is 12.5 Å². The second-order valence-electron chi connectivity index (χ2n) is 4.88. The SMILES string of the molecule is COc1ccccc1C(NC(OC)c1ccccc1OC)OC. The van der Waals surface area contributed by atoms with Crippen LogP contribution in [0.3, 0.4) is 0 Å². The highest BCUT2D eigenvalue weighted by atomic mass is 16.5. The minimum atomic E-state index is -0.388. The van der Waals surface area contributed by atoms with E-state index in [4.69, 9.17) is 18.9 Å². The molecule has 0 bridgehead atoms. The zero-order chi connectivity index (χ0) is 16.7. The van der Waals surface area contributed by atoms with Crippen LogP contribution in [0, 0.1) is 0 Å². The Bertz CT molecular complexity index is 564. The van der Waals surface area contributed by atoms with Crippen molar-refractivity contribution in [1.82, 2.24) is 5.32 Å². The normalized spacial score (nSPS) is 13.4. The van der Waals surface area contributed by atoms with Crippen LogP contribution in [-0.4, -0.2) is 28.4 Å². The molecular weight excluding hydrogens is 294 g/mol. The van der Waals surface area contributed by atoms with Crippen LogP contribution >= 0.6 is 0 Å². The average molecular weight is 317 g/mol. The van der Waals surface area contributed by atoms with Crippen LogP contribution in [0.4, 0.5) is 0 Å². The third kappa shape index (κ3) is 4.01. The third-order valence-corrected chi connectivity index (χ3v) is 3.62. The zero-order valence-corrected chi connectivity index (χ0v) is 13.9. The first-order chi connectivity index (χ1) is 11.2. The standard InChI is InChI=1S/C18H23NO4/c1-20-15-11-7-5-9-13(15)17(22-3)19-18(23-4)14-10-6-8-12-16(14)21-2/h5-12,17-19H,1-4H3. The fourth-order valence-corrected chi connectivity index (χ4v) is 2.47. The summed E-state index contributed by atoms with van der Waals surface area (Å²) < 4.78 is 22.0. The molecule has 0 aliphatic carbocycles. The molecule has 2 aromatic rings. The van der Waals surface area contributed by atoms with Gasteiger partial charge >= 0.3 is 0 Å². The molecular formula is C18H23NO4. The van der Waals surface area contributed by atoms with Crippen LogP contribution in [0.2, 0.25) is 0 Å². The number of methoxy groups -OCH3 is 4. The van der Waals surface area contributed by atoms with Crippen molar-refractivity contribution in [1.29, 1.82) is 0 Å². The lowest BCUT2D eigenvalue weighted by molar-refractivity contribution is -0.0139. The van der Waals surface area contributed by atoms with E-state index in [1.54, 1.807) is 28.4 Å². The van der Waals surface area contributed by atoms with E-state index in [9.17, 15) is 0 Å². The van der Waals surface area contributed by atoms with E-state index >= 15 is 0 Å². The molecule has 0 aromatic heterocycles. The molecule has 0 heterocycles. The maximum Gasteiger partial charge on any atom is 0.139 e. The van der Waals surface area contributed by atoms with Gasteiger partial charge in [-0.25, -0.2) is 0 Å². The maximum atomic E-state index is 5.59. The summed E-state index contributed by atoms with van der Waals surface area (Å²) in [4.78, 5) is 0. The lowest BCUT2D eigenvalue weighted by Gasteiger charge is -2.26. The summed E-state index contributed by atoms with van der Waals surface area (Å²) in [5.41, 5.74) is 1.80. The smallest absolute Gasteiger partial charge is 0.139 e. The summed E-state index contributed by atoms with van der Waals surface area (Å²) in [6.45, 7) is 0. The van der Waals surface area contributed by atoms with Gasteiger partial charge in [-0.2, -0.15) is 0 Å². The van der Waals surface area contributed by atoms with Crippen LogP contribution in [0.5, 0.6) is 11.5 Å². The van der Waals surface area contributed by atoms with Crippen molar-refractivity contribution in [3.8, 4) is 11.5 Å². The molecule has 2 unspecified atom stereocenters. The van der Waals surface area contributed by atoms with Gasteiger partial charge in [0.2, 0.25) is 0 Å². The fraction of sp³-hybridized carbons (Fsp3) is 0.333. The van der Waals surface area contributed by atoms with Gasteiger partial charge in [0.05, 0.1) is 14.2 Å². The van der Waals surface area contributed by atoms with E-state index < -0.39 is 0 Å². The van der Waals surface area contributed by atoms with Crippen molar-refractivity contribution in [3.63, 3.8) is 0 Å². The number of rotatable bonds is 8. The molecule has 0 aliphatic rings. The average Bonchev–Trinajstić information content (AvgIpc) is 2.63. The molecule has 2 aromatic carbocycles. The number of benzene rings is 2. The van der Waals surface area contributed by atoms with Crippen LogP contribution in [0.25, 0.3) is 0 Å². The third-order valence-electron chi connectivity index (χ3n) is 3.62. The molecule has 5 heteroatoms. The molecule has 0 radical (unpaired) electrons. The van der Waals surface area contributed by atoms with Crippen molar-refractivity contribution in [3.05, 3.63) is 59.7 Å². The Morgan fingerprint density at radius 2 is 1.04 bits per heavy atom. The molecule has 0 aliphatic heterocycles. The summed E-state index contributed by atoms with van der Waals surface area (Å²) in [5, 5.41) is 3.33. The van der Waals surface area contributed by atoms with Gasteiger partial charge in [-0.15, -0.1) is 0 Å².